The molecule has 96 valence electrons. The van der Waals surface area contributed by atoms with Gasteiger partial charge in [0.1, 0.15) is 5.82 Å². The van der Waals surface area contributed by atoms with Crippen molar-refractivity contribution in [3.05, 3.63) is 29.6 Å². The van der Waals surface area contributed by atoms with Gasteiger partial charge in [0.2, 0.25) is 0 Å². The normalized spacial score (nSPS) is 21.4. The van der Waals surface area contributed by atoms with Crippen LogP contribution >= 0.6 is 0 Å². The van der Waals surface area contributed by atoms with E-state index in [0.29, 0.717) is 5.56 Å². The van der Waals surface area contributed by atoms with Crippen molar-refractivity contribution in [2.45, 2.75) is 38.3 Å². The number of anilines is 1. The third-order valence-corrected chi connectivity index (χ3v) is 3.50. The van der Waals surface area contributed by atoms with Gasteiger partial charge in [0.25, 0.3) is 0 Å². The number of nitrogens with zero attached hydrogens (tertiary/aromatic N) is 2. The molecule has 0 spiro atoms. The maximum atomic E-state index is 13.5. The van der Waals surface area contributed by atoms with E-state index in [-0.39, 0.29) is 17.9 Å². The van der Waals surface area contributed by atoms with Crippen molar-refractivity contribution in [1.82, 2.24) is 0 Å². The largest absolute Gasteiger partial charge is 0.367 e. The average molecular weight is 247 g/mol. The van der Waals surface area contributed by atoms with Gasteiger partial charge in [0, 0.05) is 24.3 Å². The van der Waals surface area contributed by atoms with Crippen LogP contribution in [0.5, 0.6) is 0 Å². The van der Waals surface area contributed by atoms with Crippen LogP contribution < -0.4 is 10.6 Å². The zero-order valence-electron chi connectivity index (χ0n) is 10.6. The molecule has 0 saturated carbocycles. The third-order valence-electron chi connectivity index (χ3n) is 3.50. The van der Waals surface area contributed by atoms with Crippen molar-refractivity contribution in [1.29, 1.82) is 5.26 Å². The van der Waals surface area contributed by atoms with Crippen LogP contribution in [0.2, 0.25) is 0 Å². The van der Waals surface area contributed by atoms with Crippen molar-refractivity contribution in [2.75, 3.05) is 11.4 Å². The number of nitriles is 1. The van der Waals surface area contributed by atoms with Crippen molar-refractivity contribution in [3.8, 4) is 6.07 Å². The Labute approximate surface area is 107 Å². The zero-order chi connectivity index (χ0) is 13.1. The predicted octanol–water partition coefficient (Wildman–Crippen LogP) is 2.40. The smallest absolute Gasteiger partial charge is 0.126 e. The van der Waals surface area contributed by atoms with E-state index in [1.165, 1.54) is 12.1 Å². The minimum absolute atomic E-state index is 0.0408. The summed E-state index contributed by atoms with van der Waals surface area (Å²) < 4.78 is 13.5. The molecule has 1 heterocycles. The number of benzene rings is 1. The number of nitrogens with two attached hydrogens (primary N) is 1. The molecule has 1 fully saturated rings. The lowest BCUT2D eigenvalue weighted by molar-refractivity contribution is 0.413. The first kappa shape index (κ1) is 12.8. The first-order valence-corrected chi connectivity index (χ1v) is 6.34. The van der Waals surface area contributed by atoms with E-state index in [1.54, 1.807) is 6.07 Å². The van der Waals surface area contributed by atoms with Crippen LogP contribution in [0.1, 0.15) is 31.7 Å². The molecular formula is C14H18FN3. The fourth-order valence-corrected chi connectivity index (χ4v) is 2.63. The second kappa shape index (κ2) is 5.36. The van der Waals surface area contributed by atoms with Crippen LogP contribution in [0.15, 0.2) is 18.2 Å². The molecule has 1 aliphatic heterocycles. The zero-order valence-corrected chi connectivity index (χ0v) is 10.6. The molecule has 0 aromatic heterocycles. The molecule has 0 aliphatic carbocycles. The Morgan fingerprint density at radius 2 is 2.22 bits per heavy atom. The maximum Gasteiger partial charge on any atom is 0.126 e. The number of piperidine rings is 1. The van der Waals surface area contributed by atoms with Crippen molar-refractivity contribution in [2.24, 2.45) is 5.73 Å². The van der Waals surface area contributed by atoms with Gasteiger partial charge in [-0.25, -0.2) is 4.39 Å². The first-order chi connectivity index (χ1) is 8.61. The minimum atomic E-state index is -0.363. The van der Waals surface area contributed by atoms with Gasteiger partial charge < -0.3 is 10.6 Å². The quantitative estimate of drug-likeness (QED) is 0.873. The highest BCUT2D eigenvalue weighted by Gasteiger charge is 2.26. The lowest BCUT2D eigenvalue weighted by Gasteiger charge is -2.39. The highest BCUT2D eigenvalue weighted by atomic mass is 19.1. The van der Waals surface area contributed by atoms with Gasteiger partial charge in [0.15, 0.2) is 0 Å². The summed E-state index contributed by atoms with van der Waals surface area (Å²) in [5, 5.41) is 8.90. The fourth-order valence-electron chi connectivity index (χ4n) is 2.63. The van der Waals surface area contributed by atoms with E-state index in [2.05, 4.69) is 4.90 Å². The topological polar surface area (TPSA) is 53.0 Å². The molecular weight excluding hydrogens is 229 g/mol. The molecule has 0 bridgehead atoms. The molecule has 2 rings (SSSR count). The molecule has 2 atom stereocenters. The summed E-state index contributed by atoms with van der Waals surface area (Å²) in [4.78, 5) is 2.14. The highest BCUT2D eigenvalue weighted by Crippen LogP contribution is 2.27. The molecule has 1 aromatic rings. The SMILES string of the molecule is CC(N)C1CCCCN1c1cc(F)cc(C#N)c1. The molecule has 18 heavy (non-hydrogen) atoms. The van der Waals surface area contributed by atoms with Gasteiger partial charge in [0.05, 0.1) is 11.6 Å². The Kier molecular flexibility index (Phi) is 3.83. The standard InChI is InChI=1S/C14H18FN3/c1-10(17)14-4-2-3-5-18(14)13-7-11(9-16)6-12(15)8-13/h6-8,10,14H,2-5,17H2,1H3. The first-order valence-electron chi connectivity index (χ1n) is 6.34. The van der Waals surface area contributed by atoms with E-state index in [4.69, 9.17) is 11.0 Å². The Morgan fingerprint density at radius 1 is 1.44 bits per heavy atom. The van der Waals surface area contributed by atoms with Crippen LogP contribution in [0.3, 0.4) is 0 Å². The predicted molar refractivity (Wildman–Crippen MR) is 69.7 cm³/mol. The monoisotopic (exact) mass is 247 g/mol. The average Bonchev–Trinajstić information content (AvgIpc) is 2.38. The molecule has 2 N–H and O–H groups in total. The summed E-state index contributed by atoms with van der Waals surface area (Å²) in [5.74, 6) is -0.363. The molecule has 0 radical (unpaired) electrons. The molecule has 1 aromatic carbocycles. The van der Waals surface area contributed by atoms with Crippen LogP contribution in [0.4, 0.5) is 10.1 Å². The molecule has 3 nitrogen and oxygen atoms in total. The summed E-state index contributed by atoms with van der Waals surface area (Å²) in [6.07, 6.45) is 3.26. The fraction of sp³-hybridized carbons (Fsp3) is 0.500. The van der Waals surface area contributed by atoms with Crippen molar-refractivity contribution in [3.63, 3.8) is 0 Å². The van der Waals surface area contributed by atoms with E-state index < -0.39 is 0 Å². The van der Waals surface area contributed by atoms with E-state index >= 15 is 0 Å². The summed E-state index contributed by atoms with van der Waals surface area (Å²) in [7, 11) is 0. The van der Waals surface area contributed by atoms with Gasteiger partial charge in [-0.15, -0.1) is 0 Å². The van der Waals surface area contributed by atoms with Crippen LogP contribution in [-0.4, -0.2) is 18.6 Å². The molecule has 2 unspecified atom stereocenters. The van der Waals surface area contributed by atoms with Gasteiger partial charge >= 0.3 is 0 Å². The molecule has 1 saturated heterocycles. The Hall–Kier alpha value is -1.60. The lowest BCUT2D eigenvalue weighted by atomic mass is 9.96. The van der Waals surface area contributed by atoms with Gasteiger partial charge in [-0.3, -0.25) is 0 Å². The van der Waals surface area contributed by atoms with Gasteiger partial charge in [-0.05, 0) is 44.4 Å². The molecule has 0 amide bonds. The highest BCUT2D eigenvalue weighted by molar-refractivity contribution is 5.53. The Balaban J connectivity index is 2.34. The Morgan fingerprint density at radius 3 is 2.89 bits per heavy atom. The number of hydrogen-bond donors (Lipinski definition) is 1. The summed E-state index contributed by atoms with van der Waals surface area (Å²) in [6.45, 7) is 2.86. The Bertz CT molecular complexity index is 465. The van der Waals surface area contributed by atoms with Crippen LogP contribution in [0, 0.1) is 17.1 Å². The van der Waals surface area contributed by atoms with Crippen LogP contribution in [-0.2, 0) is 0 Å². The molecule has 4 heteroatoms. The maximum absolute atomic E-state index is 13.5. The van der Waals surface area contributed by atoms with E-state index in [9.17, 15) is 4.39 Å². The third kappa shape index (κ3) is 2.62. The van der Waals surface area contributed by atoms with Crippen molar-refractivity contribution >= 4 is 5.69 Å². The van der Waals surface area contributed by atoms with Crippen LogP contribution in [0.25, 0.3) is 0 Å². The summed E-state index contributed by atoms with van der Waals surface area (Å²) in [6, 6.07) is 6.75. The van der Waals surface area contributed by atoms with Crippen molar-refractivity contribution < 1.29 is 4.39 Å². The number of hydrogen-bond acceptors (Lipinski definition) is 3. The second-order valence-electron chi connectivity index (χ2n) is 4.93. The number of rotatable bonds is 2. The second-order valence-corrected chi connectivity index (χ2v) is 4.93. The minimum Gasteiger partial charge on any atom is -0.367 e. The summed E-state index contributed by atoms with van der Waals surface area (Å²) in [5.41, 5.74) is 7.14. The number of halogens is 1. The summed E-state index contributed by atoms with van der Waals surface area (Å²) >= 11 is 0. The molecule has 1 aliphatic rings. The van der Waals surface area contributed by atoms with Gasteiger partial charge in [-0.2, -0.15) is 5.26 Å². The van der Waals surface area contributed by atoms with E-state index in [1.807, 2.05) is 13.0 Å². The lowest BCUT2D eigenvalue weighted by Crippen LogP contribution is -2.49. The van der Waals surface area contributed by atoms with Gasteiger partial charge in [-0.1, -0.05) is 0 Å². The van der Waals surface area contributed by atoms with E-state index in [0.717, 1.165) is 31.5 Å².